The minimum Gasteiger partial charge on any atom is -0.494 e. The lowest BCUT2D eigenvalue weighted by molar-refractivity contribution is -0.147. The SMILES string of the molecule is COC(=O)C1(CCCCCOc2ccc(C)cc2)CO1. The molecule has 110 valence electrons. The maximum Gasteiger partial charge on any atom is 0.340 e. The van der Waals surface area contributed by atoms with E-state index >= 15 is 0 Å². The van der Waals surface area contributed by atoms with E-state index in [2.05, 4.69) is 6.92 Å². The zero-order valence-corrected chi connectivity index (χ0v) is 12.2. The Bertz CT molecular complexity index is 434. The third-order valence-electron chi connectivity index (χ3n) is 3.56. The molecule has 0 bridgehead atoms. The molecule has 2 rings (SSSR count). The van der Waals surface area contributed by atoms with Gasteiger partial charge in [-0.2, -0.15) is 0 Å². The highest BCUT2D eigenvalue weighted by Crippen LogP contribution is 2.34. The van der Waals surface area contributed by atoms with Crippen LogP contribution >= 0.6 is 0 Å². The van der Waals surface area contributed by atoms with E-state index in [9.17, 15) is 4.79 Å². The van der Waals surface area contributed by atoms with E-state index < -0.39 is 5.60 Å². The van der Waals surface area contributed by atoms with E-state index in [1.165, 1.54) is 12.7 Å². The van der Waals surface area contributed by atoms with Crippen LogP contribution in [-0.2, 0) is 14.3 Å². The number of hydrogen-bond acceptors (Lipinski definition) is 4. The van der Waals surface area contributed by atoms with Crippen LogP contribution in [0.5, 0.6) is 5.75 Å². The molecule has 1 aliphatic rings. The van der Waals surface area contributed by atoms with Crippen LogP contribution in [0.15, 0.2) is 24.3 Å². The van der Waals surface area contributed by atoms with Gasteiger partial charge in [-0.3, -0.25) is 0 Å². The van der Waals surface area contributed by atoms with Crippen LogP contribution < -0.4 is 4.74 Å². The van der Waals surface area contributed by atoms with Gasteiger partial charge in [0.1, 0.15) is 5.75 Å². The Hall–Kier alpha value is -1.55. The predicted molar refractivity (Wildman–Crippen MR) is 75.8 cm³/mol. The molecular formula is C16H22O4. The first-order valence-corrected chi connectivity index (χ1v) is 7.08. The smallest absolute Gasteiger partial charge is 0.340 e. The number of hydrogen-bond donors (Lipinski definition) is 0. The molecule has 1 aliphatic heterocycles. The maximum absolute atomic E-state index is 11.5. The average Bonchev–Trinajstić information content (AvgIpc) is 3.25. The van der Waals surface area contributed by atoms with Crippen molar-refractivity contribution in [3.63, 3.8) is 0 Å². The fourth-order valence-corrected chi connectivity index (χ4v) is 2.15. The molecule has 0 N–H and O–H groups in total. The molecular weight excluding hydrogens is 256 g/mol. The van der Waals surface area contributed by atoms with Crippen molar-refractivity contribution in [3.05, 3.63) is 29.8 Å². The van der Waals surface area contributed by atoms with Crippen LogP contribution in [-0.4, -0.2) is 31.9 Å². The van der Waals surface area contributed by atoms with Crippen LogP contribution in [0.4, 0.5) is 0 Å². The lowest BCUT2D eigenvalue weighted by atomic mass is 10.0. The minimum atomic E-state index is -0.632. The van der Waals surface area contributed by atoms with Crippen molar-refractivity contribution in [3.8, 4) is 5.75 Å². The standard InChI is InChI=1S/C16H22O4/c1-13-6-8-14(9-7-13)19-11-5-3-4-10-16(12-20-16)15(17)18-2/h6-9H,3-5,10-12H2,1-2H3. The lowest BCUT2D eigenvalue weighted by Gasteiger charge is -2.09. The number of carbonyl (C=O) groups is 1. The number of unbranched alkanes of at least 4 members (excludes halogenated alkanes) is 2. The molecule has 0 amide bonds. The van der Waals surface area contributed by atoms with Crippen molar-refractivity contribution in [2.45, 2.75) is 38.2 Å². The second-order valence-corrected chi connectivity index (χ2v) is 5.25. The van der Waals surface area contributed by atoms with Gasteiger partial charge in [0, 0.05) is 0 Å². The zero-order valence-electron chi connectivity index (χ0n) is 12.2. The number of epoxide rings is 1. The van der Waals surface area contributed by atoms with Gasteiger partial charge in [0.25, 0.3) is 0 Å². The van der Waals surface area contributed by atoms with Gasteiger partial charge in [-0.1, -0.05) is 17.7 Å². The molecule has 0 saturated carbocycles. The van der Waals surface area contributed by atoms with Gasteiger partial charge in [0.05, 0.1) is 20.3 Å². The van der Waals surface area contributed by atoms with Crippen LogP contribution in [0.25, 0.3) is 0 Å². The summed E-state index contributed by atoms with van der Waals surface area (Å²) in [4.78, 5) is 11.5. The third kappa shape index (κ3) is 3.97. The zero-order chi connectivity index (χ0) is 14.4. The highest BCUT2D eigenvalue weighted by molar-refractivity contribution is 5.82. The number of ether oxygens (including phenoxy) is 3. The number of aryl methyl sites for hydroxylation is 1. The van der Waals surface area contributed by atoms with Gasteiger partial charge in [0.15, 0.2) is 5.60 Å². The Morgan fingerprint density at radius 2 is 1.95 bits per heavy atom. The van der Waals surface area contributed by atoms with Crippen molar-refractivity contribution in [1.82, 2.24) is 0 Å². The highest BCUT2D eigenvalue weighted by Gasteiger charge is 2.52. The number of methoxy groups -OCH3 is 1. The fraction of sp³-hybridized carbons (Fsp3) is 0.562. The summed E-state index contributed by atoms with van der Waals surface area (Å²) in [5.74, 6) is 0.667. The summed E-state index contributed by atoms with van der Waals surface area (Å²) in [7, 11) is 1.40. The topological polar surface area (TPSA) is 48.1 Å². The second kappa shape index (κ2) is 6.75. The Kier molecular flexibility index (Phi) is 5.01. The van der Waals surface area contributed by atoms with Crippen molar-refractivity contribution in [2.75, 3.05) is 20.3 Å². The predicted octanol–water partition coefficient (Wildman–Crippen LogP) is 2.88. The first-order valence-electron chi connectivity index (χ1n) is 7.08. The summed E-state index contributed by atoms with van der Waals surface area (Å²) in [5.41, 5.74) is 0.599. The van der Waals surface area contributed by atoms with Gasteiger partial charge in [-0.25, -0.2) is 4.79 Å². The third-order valence-corrected chi connectivity index (χ3v) is 3.56. The molecule has 1 atom stereocenters. The Labute approximate surface area is 120 Å². The summed E-state index contributed by atoms with van der Waals surface area (Å²) in [6.07, 6.45) is 3.69. The van der Waals surface area contributed by atoms with Crippen molar-refractivity contribution >= 4 is 5.97 Å². The molecule has 1 unspecified atom stereocenters. The van der Waals surface area contributed by atoms with E-state index in [4.69, 9.17) is 14.2 Å². The monoisotopic (exact) mass is 278 g/mol. The van der Waals surface area contributed by atoms with Gasteiger partial charge in [-0.15, -0.1) is 0 Å². The van der Waals surface area contributed by atoms with E-state index in [-0.39, 0.29) is 5.97 Å². The molecule has 20 heavy (non-hydrogen) atoms. The Balaban J connectivity index is 1.56. The van der Waals surface area contributed by atoms with Crippen molar-refractivity contribution in [1.29, 1.82) is 0 Å². The van der Waals surface area contributed by atoms with E-state index in [0.717, 1.165) is 31.4 Å². The van der Waals surface area contributed by atoms with Crippen LogP contribution in [0, 0.1) is 6.92 Å². The molecule has 1 aromatic rings. The van der Waals surface area contributed by atoms with E-state index in [0.29, 0.717) is 13.2 Å². The molecule has 1 saturated heterocycles. The number of rotatable bonds is 8. The molecule has 1 heterocycles. The van der Waals surface area contributed by atoms with Gasteiger partial charge in [-0.05, 0) is 44.7 Å². The molecule has 0 aliphatic carbocycles. The van der Waals surface area contributed by atoms with Gasteiger partial charge >= 0.3 is 5.97 Å². The second-order valence-electron chi connectivity index (χ2n) is 5.25. The summed E-state index contributed by atoms with van der Waals surface area (Å²) >= 11 is 0. The average molecular weight is 278 g/mol. The summed E-state index contributed by atoms with van der Waals surface area (Å²) in [5, 5.41) is 0. The Morgan fingerprint density at radius 3 is 2.55 bits per heavy atom. The van der Waals surface area contributed by atoms with Crippen LogP contribution in [0.3, 0.4) is 0 Å². The number of carbonyl (C=O) groups excluding carboxylic acids is 1. The van der Waals surface area contributed by atoms with Crippen molar-refractivity contribution in [2.24, 2.45) is 0 Å². The van der Waals surface area contributed by atoms with E-state index in [1.54, 1.807) is 0 Å². The molecule has 4 nitrogen and oxygen atoms in total. The summed E-state index contributed by atoms with van der Waals surface area (Å²) in [6, 6.07) is 8.05. The van der Waals surface area contributed by atoms with Crippen LogP contribution in [0.2, 0.25) is 0 Å². The maximum atomic E-state index is 11.5. The lowest BCUT2D eigenvalue weighted by Crippen LogP contribution is -2.25. The van der Waals surface area contributed by atoms with E-state index in [1.807, 2.05) is 24.3 Å². The fourth-order valence-electron chi connectivity index (χ4n) is 2.15. The van der Waals surface area contributed by atoms with Gasteiger partial charge < -0.3 is 14.2 Å². The van der Waals surface area contributed by atoms with Crippen LogP contribution in [0.1, 0.15) is 31.2 Å². The summed E-state index contributed by atoms with van der Waals surface area (Å²) in [6.45, 7) is 3.26. The number of esters is 1. The van der Waals surface area contributed by atoms with Crippen molar-refractivity contribution < 1.29 is 19.0 Å². The first-order chi connectivity index (χ1) is 9.66. The minimum absolute atomic E-state index is 0.242. The molecule has 4 heteroatoms. The summed E-state index contributed by atoms with van der Waals surface area (Å²) < 4.78 is 15.6. The van der Waals surface area contributed by atoms with Gasteiger partial charge in [0.2, 0.25) is 0 Å². The number of benzene rings is 1. The molecule has 1 aromatic carbocycles. The largest absolute Gasteiger partial charge is 0.494 e. The molecule has 0 radical (unpaired) electrons. The highest BCUT2D eigenvalue weighted by atomic mass is 16.6. The first kappa shape index (κ1) is 14.9. The molecule has 0 aromatic heterocycles. The Morgan fingerprint density at radius 1 is 1.25 bits per heavy atom. The molecule has 0 spiro atoms. The quantitative estimate of drug-likeness (QED) is 0.417. The normalized spacial score (nSPS) is 20.5. The molecule has 1 fully saturated rings.